The maximum atomic E-state index is 12.9. The van der Waals surface area contributed by atoms with E-state index in [0.717, 1.165) is 0 Å². The Kier molecular flexibility index (Phi) is 4.33. The summed E-state index contributed by atoms with van der Waals surface area (Å²) in [6.07, 6.45) is 6.36. The van der Waals surface area contributed by atoms with Gasteiger partial charge in [-0.2, -0.15) is 4.99 Å². The van der Waals surface area contributed by atoms with Crippen LogP contribution >= 0.6 is 0 Å². The summed E-state index contributed by atoms with van der Waals surface area (Å²) < 4.78 is 0. The van der Waals surface area contributed by atoms with Gasteiger partial charge in [0.2, 0.25) is 0 Å². The monoisotopic (exact) mass is 355 g/mol. The van der Waals surface area contributed by atoms with Gasteiger partial charge in [0, 0.05) is 6.20 Å². The van der Waals surface area contributed by atoms with Gasteiger partial charge in [0.15, 0.2) is 0 Å². The van der Waals surface area contributed by atoms with Crippen molar-refractivity contribution in [3.8, 4) is 5.75 Å². The molecule has 3 rings (SSSR count). The van der Waals surface area contributed by atoms with Crippen molar-refractivity contribution in [2.45, 2.75) is 25.3 Å². The van der Waals surface area contributed by atoms with Crippen LogP contribution in [0.2, 0.25) is 0 Å². The second-order valence-corrected chi connectivity index (χ2v) is 6.26. The highest BCUT2D eigenvalue weighted by atomic mass is 16.4. The first-order chi connectivity index (χ1) is 12.3. The number of nitrogens with zero attached hydrogens (tertiary/aromatic N) is 2. The van der Waals surface area contributed by atoms with E-state index in [2.05, 4.69) is 10.3 Å². The average molecular weight is 355 g/mol. The number of amidine groups is 1. The molecule has 1 aromatic rings. The van der Waals surface area contributed by atoms with Crippen molar-refractivity contribution in [3.05, 3.63) is 48.2 Å². The Bertz CT molecular complexity index is 887. The van der Waals surface area contributed by atoms with Crippen LogP contribution in [0.3, 0.4) is 0 Å². The minimum Gasteiger partial charge on any atom is -0.506 e. The van der Waals surface area contributed by atoms with Gasteiger partial charge in [0.25, 0.3) is 11.8 Å². The molecule has 3 N–H and O–H groups in total. The van der Waals surface area contributed by atoms with Crippen LogP contribution < -0.4 is 5.32 Å². The summed E-state index contributed by atoms with van der Waals surface area (Å²) in [6, 6.07) is 4.18. The molecule has 2 amide bonds. The molecule has 26 heavy (non-hydrogen) atoms. The van der Waals surface area contributed by atoms with Gasteiger partial charge in [-0.1, -0.05) is 12.1 Å². The van der Waals surface area contributed by atoms with Crippen LogP contribution in [0.4, 0.5) is 5.69 Å². The molecule has 0 aromatic heterocycles. The lowest BCUT2D eigenvalue weighted by molar-refractivity contribution is -0.136. The van der Waals surface area contributed by atoms with Crippen molar-refractivity contribution in [1.82, 2.24) is 4.90 Å². The van der Waals surface area contributed by atoms with Gasteiger partial charge in [-0.05, 0) is 36.8 Å². The largest absolute Gasteiger partial charge is 0.506 e. The molecule has 0 radical (unpaired) electrons. The van der Waals surface area contributed by atoms with Crippen LogP contribution in [-0.2, 0) is 20.8 Å². The lowest BCUT2D eigenvalue weighted by Crippen LogP contribution is -2.58. The first-order valence-electron chi connectivity index (χ1n) is 7.90. The zero-order chi connectivity index (χ0) is 18.9. The Labute approximate surface area is 149 Å². The maximum Gasteiger partial charge on any atom is 0.307 e. The highest BCUT2D eigenvalue weighted by Crippen LogP contribution is 2.31. The predicted octanol–water partition coefficient (Wildman–Crippen LogP) is 1.43. The molecule has 0 spiro atoms. The number of amides is 2. The third-order valence-corrected chi connectivity index (χ3v) is 4.26. The van der Waals surface area contributed by atoms with Gasteiger partial charge in [0.05, 0.1) is 18.5 Å². The third-order valence-electron chi connectivity index (χ3n) is 4.26. The number of hydrogen-bond donors (Lipinski definition) is 3. The van der Waals surface area contributed by atoms with E-state index >= 15 is 0 Å². The van der Waals surface area contributed by atoms with Crippen molar-refractivity contribution >= 4 is 29.3 Å². The van der Waals surface area contributed by atoms with Gasteiger partial charge < -0.3 is 20.4 Å². The van der Waals surface area contributed by atoms with E-state index in [1.165, 1.54) is 18.2 Å². The Hall–Kier alpha value is -3.42. The fourth-order valence-corrected chi connectivity index (χ4v) is 2.90. The smallest absolute Gasteiger partial charge is 0.307 e. The highest BCUT2D eigenvalue weighted by molar-refractivity contribution is 6.12. The van der Waals surface area contributed by atoms with Crippen LogP contribution in [0.25, 0.3) is 0 Å². The van der Waals surface area contributed by atoms with Crippen LogP contribution in [0.15, 0.2) is 47.6 Å². The van der Waals surface area contributed by atoms with Crippen molar-refractivity contribution in [2.24, 2.45) is 4.99 Å². The number of carbonyl (C=O) groups excluding carboxylic acids is 2. The number of phenols is 1. The molecule has 0 aliphatic carbocycles. The first-order valence-corrected chi connectivity index (χ1v) is 7.90. The molecule has 1 atom stereocenters. The van der Waals surface area contributed by atoms with Crippen molar-refractivity contribution < 1.29 is 24.6 Å². The number of benzene rings is 1. The molecule has 2 heterocycles. The van der Waals surface area contributed by atoms with Crippen molar-refractivity contribution in [3.63, 3.8) is 0 Å². The average Bonchev–Trinajstić information content (AvgIpc) is 2.57. The second kappa shape index (κ2) is 6.47. The molecule has 0 saturated heterocycles. The fraction of sp³-hybridized carbons (Fsp3) is 0.222. The molecular weight excluding hydrogens is 338 g/mol. The van der Waals surface area contributed by atoms with Gasteiger partial charge in [-0.3, -0.25) is 14.4 Å². The standard InChI is InChI=1S/C18H17N3O5/c1-18(10-15(23)20-14-4-2-3-7-21(14)18)17(26)19-12-8-11(9-16(24)25)5-6-13(12)22/h2-8,22H,9-10H2,1H3,(H,19,26)(H,24,25). The molecule has 0 fully saturated rings. The Morgan fingerprint density at radius 3 is 2.85 bits per heavy atom. The summed E-state index contributed by atoms with van der Waals surface area (Å²) in [4.78, 5) is 41.3. The van der Waals surface area contributed by atoms with Crippen molar-refractivity contribution in [1.29, 1.82) is 0 Å². The van der Waals surface area contributed by atoms with E-state index in [1.807, 2.05) is 0 Å². The van der Waals surface area contributed by atoms with Crippen LogP contribution in [0, 0.1) is 0 Å². The lowest BCUT2D eigenvalue weighted by atomic mass is 9.91. The van der Waals surface area contributed by atoms with E-state index in [-0.39, 0.29) is 24.3 Å². The summed E-state index contributed by atoms with van der Waals surface area (Å²) in [5.74, 6) is -1.78. The number of carboxylic acids is 1. The maximum absolute atomic E-state index is 12.9. The second-order valence-electron chi connectivity index (χ2n) is 6.26. The molecule has 1 unspecified atom stereocenters. The molecule has 134 valence electrons. The number of aromatic hydroxyl groups is 1. The molecule has 1 aromatic carbocycles. The van der Waals surface area contributed by atoms with Crippen LogP contribution in [0.1, 0.15) is 18.9 Å². The Morgan fingerprint density at radius 2 is 2.12 bits per heavy atom. The number of aliphatic imine (C=N–C) groups is 1. The number of rotatable bonds is 4. The van der Waals surface area contributed by atoms with Crippen molar-refractivity contribution in [2.75, 3.05) is 5.32 Å². The highest BCUT2D eigenvalue weighted by Gasteiger charge is 2.45. The Balaban J connectivity index is 1.89. The molecule has 8 nitrogen and oxygen atoms in total. The first kappa shape index (κ1) is 17.4. The van der Waals surface area contributed by atoms with Gasteiger partial charge >= 0.3 is 5.97 Å². The number of phenolic OH excluding ortho intramolecular Hbond substituents is 1. The summed E-state index contributed by atoms with van der Waals surface area (Å²) >= 11 is 0. The zero-order valence-corrected chi connectivity index (χ0v) is 14.0. The van der Waals surface area contributed by atoms with E-state index < -0.39 is 23.3 Å². The molecule has 2 aliphatic heterocycles. The summed E-state index contributed by atoms with van der Waals surface area (Å²) in [5, 5.41) is 21.5. The number of carboxylic acid groups (broad SMARTS) is 1. The lowest BCUT2D eigenvalue weighted by Gasteiger charge is -2.41. The third kappa shape index (κ3) is 3.21. The molecule has 8 heteroatoms. The number of carbonyl (C=O) groups is 3. The summed E-state index contributed by atoms with van der Waals surface area (Å²) in [6.45, 7) is 1.61. The van der Waals surface area contributed by atoms with Gasteiger partial charge in [-0.15, -0.1) is 0 Å². The SMILES string of the molecule is CC1(C(=O)Nc2cc(CC(=O)O)ccc2O)CC(=O)N=C2C=CC=CN21. The predicted molar refractivity (Wildman–Crippen MR) is 93.7 cm³/mol. The number of nitrogens with one attached hydrogen (secondary N) is 1. The topological polar surface area (TPSA) is 119 Å². The minimum absolute atomic E-state index is 0.0861. The normalized spacial score (nSPS) is 21.2. The van der Waals surface area contributed by atoms with Gasteiger partial charge in [-0.25, -0.2) is 0 Å². The molecule has 0 saturated carbocycles. The van der Waals surface area contributed by atoms with Gasteiger partial charge in [0.1, 0.15) is 17.1 Å². The molecule has 2 aliphatic rings. The van der Waals surface area contributed by atoms with E-state index in [9.17, 15) is 19.5 Å². The van der Waals surface area contributed by atoms with E-state index in [4.69, 9.17) is 5.11 Å². The quantitative estimate of drug-likeness (QED) is 0.703. The van der Waals surface area contributed by atoms with Crippen LogP contribution in [-0.4, -0.2) is 44.3 Å². The van der Waals surface area contributed by atoms with E-state index in [1.54, 1.807) is 36.3 Å². The van der Waals surface area contributed by atoms with Crippen LogP contribution in [0.5, 0.6) is 5.75 Å². The number of fused-ring (bicyclic) bond motifs is 1. The number of hydrogen-bond acceptors (Lipinski definition) is 5. The summed E-state index contributed by atoms with van der Waals surface area (Å²) in [7, 11) is 0. The minimum atomic E-state index is -1.23. The fourth-order valence-electron chi connectivity index (χ4n) is 2.90. The molecular formula is C18H17N3O5. The summed E-state index contributed by atoms with van der Waals surface area (Å²) in [5.41, 5.74) is -0.716. The number of aliphatic carboxylic acids is 1. The number of anilines is 1. The zero-order valence-electron chi connectivity index (χ0n) is 14.0. The molecule has 0 bridgehead atoms. The number of allylic oxidation sites excluding steroid dienone is 2. The van der Waals surface area contributed by atoms with E-state index in [0.29, 0.717) is 11.4 Å². The Morgan fingerprint density at radius 1 is 1.35 bits per heavy atom.